The smallest absolute Gasteiger partial charge is 0.261 e. The summed E-state index contributed by atoms with van der Waals surface area (Å²) in [5.41, 5.74) is -7.89. The maximum absolute atomic E-state index is 13.3. The molecule has 0 atom stereocenters. The number of halogens is 12. The van der Waals surface area contributed by atoms with Crippen LogP contribution in [0.3, 0.4) is 0 Å². The summed E-state index contributed by atoms with van der Waals surface area (Å²) in [7, 11) is 0. The summed E-state index contributed by atoms with van der Waals surface area (Å²) in [6.45, 7) is 2.46. The average molecular weight is 613 g/mol. The van der Waals surface area contributed by atoms with E-state index < -0.39 is 64.3 Å². The van der Waals surface area contributed by atoms with Crippen molar-refractivity contribution in [2.75, 3.05) is 0 Å². The molecule has 2 aromatic carbocycles. The molecule has 42 heavy (non-hydrogen) atoms. The summed E-state index contributed by atoms with van der Waals surface area (Å²) in [6, 6.07) is 5.96. The van der Waals surface area contributed by atoms with Gasteiger partial charge in [-0.15, -0.1) is 0 Å². The lowest BCUT2D eigenvalue weighted by molar-refractivity contribution is -0.144. The molecule has 0 unspecified atom stereocenters. The van der Waals surface area contributed by atoms with Gasteiger partial charge in [0.15, 0.2) is 0 Å². The van der Waals surface area contributed by atoms with E-state index in [4.69, 9.17) is 0 Å². The van der Waals surface area contributed by atoms with Gasteiger partial charge >= 0.3 is 24.7 Å². The van der Waals surface area contributed by atoms with Crippen molar-refractivity contribution >= 4 is 22.8 Å². The Kier molecular flexibility index (Phi) is 9.13. The zero-order valence-electron chi connectivity index (χ0n) is 21.4. The summed E-state index contributed by atoms with van der Waals surface area (Å²) >= 11 is 0. The molecule has 1 heterocycles. The first kappa shape index (κ1) is 32.6. The SMILES string of the molecule is C/C(=N\c1cc(C(F)(F)F)cc(C(F)(F)F)c1)C(Cc1ccccn1)/C(C)=N/c1cc(C(F)(F)F)cc(C(F)(F)F)c1. The Labute approximate surface area is 230 Å². The van der Waals surface area contributed by atoms with Crippen LogP contribution in [0.1, 0.15) is 41.8 Å². The molecule has 3 nitrogen and oxygen atoms in total. The Hall–Kier alpha value is -3.91. The zero-order valence-corrected chi connectivity index (χ0v) is 21.4. The van der Waals surface area contributed by atoms with Gasteiger partial charge in [0, 0.05) is 35.7 Å². The van der Waals surface area contributed by atoms with Crippen molar-refractivity contribution in [3.63, 3.8) is 0 Å². The minimum absolute atomic E-state index is 0.0850. The van der Waals surface area contributed by atoms with Crippen molar-refractivity contribution in [1.82, 2.24) is 4.98 Å². The number of aliphatic imine (C=N–C) groups is 2. The minimum atomic E-state index is -5.15. The number of nitrogens with zero attached hydrogens (tertiary/aromatic N) is 3. The molecule has 0 saturated carbocycles. The molecular weight excluding hydrogens is 594 g/mol. The summed E-state index contributed by atoms with van der Waals surface area (Å²) in [5.74, 6) is -1.10. The molecule has 0 aliphatic carbocycles. The van der Waals surface area contributed by atoms with E-state index in [1.165, 1.54) is 26.1 Å². The van der Waals surface area contributed by atoms with Gasteiger partial charge in [0.05, 0.1) is 33.6 Å². The monoisotopic (exact) mass is 613 g/mol. The van der Waals surface area contributed by atoms with Crippen LogP contribution >= 0.6 is 0 Å². The maximum atomic E-state index is 13.3. The molecular formula is C27H19F12N3. The van der Waals surface area contributed by atoms with Crippen LogP contribution in [0.5, 0.6) is 0 Å². The first-order valence-electron chi connectivity index (χ1n) is 11.7. The second-order valence-corrected chi connectivity index (χ2v) is 9.11. The lowest BCUT2D eigenvalue weighted by Crippen LogP contribution is -2.23. The van der Waals surface area contributed by atoms with E-state index in [-0.39, 0.29) is 30.0 Å². The number of benzene rings is 2. The van der Waals surface area contributed by atoms with Crippen LogP contribution in [0.4, 0.5) is 64.1 Å². The number of aromatic nitrogens is 1. The normalized spacial score (nSPS) is 14.7. The van der Waals surface area contributed by atoms with Crippen molar-refractivity contribution in [2.45, 2.75) is 45.0 Å². The largest absolute Gasteiger partial charge is 0.416 e. The number of alkyl halides is 12. The van der Waals surface area contributed by atoms with Gasteiger partial charge in [-0.05, 0) is 62.4 Å². The van der Waals surface area contributed by atoms with Gasteiger partial charge in [0.25, 0.3) is 0 Å². The average Bonchev–Trinajstić information content (AvgIpc) is 2.85. The van der Waals surface area contributed by atoms with Crippen LogP contribution in [-0.2, 0) is 31.1 Å². The van der Waals surface area contributed by atoms with Gasteiger partial charge in [-0.25, -0.2) is 0 Å². The molecule has 3 rings (SSSR count). The van der Waals surface area contributed by atoms with Crippen molar-refractivity contribution < 1.29 is 52.7 Å². The van der Waals surface area contributed by atoms with Crippen molar-refractivity contribution in [2.24, 2.45) is 15.9 Å². The fourth-order valence-electron chi connectivity index (χ4n) is 3.89. The van der Waals surface area contributed by atoms with E-state index in [0.717, 1.165) is 0 Å². The molecule has 0 radical (unpaired) electrons. The van der Waals surface area contributed by atoms with Crippen LogP contribution in [0, 0.1) is 5.92 Å². The summed E-state index contributed by atoms with van der Waals surface area (Å²) < 4.78 is 160. The van der Waals surface area contributed by atoms with Gasteiger partial charge in [0.2, 0.25) is 0 Å². The quantitative estimate of drug-likeness (QED) is 0.202. The van der Waals surface area contributed by atoms with Gasteiger partial charge in [-0.1, -0.05) is 6.07 Å². The molecule has 3 aromatic rings. The highest BCUT2D eigenvalue weighted by molar-refractivity contribution is 6.07. The van der Waals surface area contributed by atoms with Gasteiger partial charge in [-0.2, -0.15) is 52.7 Å². The Morgan fingerprint density at radius 1 is 0.595 bits per heavy atom. The second kappa shape index (κ2) is 11.8. The van der Waals surface area contributed by atoms with Crippen LogP contribution in [0.15, 0.2) is 70.8 Å². The topological polar surface area (TPSA) is 37.6 Å². The Morgan fingerprint density at radius 2 is 0.952 bits per heavy atom. The first-order valence-corrected chi connectivity index (χ1v) is 11.7. The highest BCUT2D eigenvalue weighted by atomic mass is 19.4. The van der Waals surface area contributed by atoms with Gasteiger partial charge < -0.3 is 0 Å². The fourth-order valence-corrected chi connectivity index (χ4v) is 3.89. The second-order valence-electron chi connectivity index (χ2n) is 9.11. The van der Waals surface area contributed by atoms with Crippen molar-refractivity contribution in [1.29, 1.82) is 0 Å². The fraction of sp³-hybridized carbons (Fsp3) is 0.296. The molecule has 0 aliphatic rings. The third-order valence-corrected chi connectivity index (χ3v) is 5.90. The Bertz CT molecular complexity index is 1310. The van der Waals surface area contributed by atoms with Crippen LogP contribution in [-0.4, -0.2) is 16.4 Å². The Morgan fingerprint density at radius 3 is 1.24 bits per heavy atom. The van der Waals surface area contributed by atoms with E-state index in [1.54, 1.807) is 12.1 Å². The van der Waals surface area contributed by atoms with Gasteiger partial charge in [0.1, 0.15) is 0 Å². The van der Waals surface area contributed by atoms with E-state index >= 15 is 0 Å². The predicted molar refractivity (Wildman–Crippen MR) is 130 cm³/mol. The number of hydrogen-bond donors (Lipinski definition) is 0. The maximum Gasteiger partial charge on any atom is 0.416 e. The molecule has 0 amide bonds. The van der Waals surface area contributed by atoms with Crippen molar-refractivity contribution in [3.05, 3.63) is 88.7 Å². The third kappa shape index (κ3) is 8.55. The molecule has 0 N–H and O–H groups in total. The van der Waals surface area contributed by atoms with E-state index in [0.29, 0.717) is 30.0 Å². The van der Waals surface area contributed by atoms with E-state index in [9.17, 15) is 52.7 Å². The Balaban J connectivity index is 2.18. The molecule has 0 fully saturated rings. The van der Waals surface area contributed by atoms with Crippen molar-refractivity contribution in [3.8, 4) is 0 Å². The molecule has 226 valence electrons. The summed E-state index contributed by atoms with van der Waals surface area (Å²) in [4.78, 5) is 11.9. The minimum Gasteiger partial charge on any atom is -0.261 e. The van der Waals surface area contributed by atoms with Crippen LogP contribution in [0.2, 0.25) is 0 Å². The molecule has 0 saturated heterocycles. The third-order valence-electron chi connectivity index (χ3n) is 5.90. The number of hydrogen-bond acceptors (Lipinski definition) is 3. The molecule has 0 spiro atoms. The standard InChI is InChI=1S/C27H19F12N3/c1-14(41-21-9-16(24(28,29)30)7-17(10-21)25(31,32)33)23(13-20-5-3-4-6-40-20)15(2)42-22-11-18(26(34,35)36)8-19(12-22)27(37,38)39/h3-12,23H,13H2,1-2H3/b41-14+,42-15+. The predicted octanol–water partition coefficient (Wildman–Crippen LogP) is 9.90. The van der Waals surface area contributed by atoms with Crippen LogP contribution in [0.25, 0.3) is 0 Å². The van der Waals surface area contributed by atoms with Gasteiger partial charge in [-0.3, -0.25) is 15.0 Å². The number of rotatable bonds is 6. The first-order chi connectivity index (χ1) is 19.1. The molecule has 15 heteroatoms. The number of pyridine rings is 1. The highest BCUT2D eigenvalue weighted by Gasteiger charge is 2.38. The summed E-state index contributed by atoms with van der Waals surface area (Å²) in [6.07, 6.45) is -19.4. The van der Waals surface area contributed by atoms with E-state index in [2.05, 4.69) is 15.0 Å². The lowest BCUT2D eigenvalue weighted by atomic mass is 9.93. The molecule has 1 aromatic heterocycles. The highest BCUT2D eigenvalue weighted by Crippen LogP contribution is 2.40. The lowest BCUT2D eigenvalue weighted by Gasteiger charge is -2.19. The van der Waals surface area contributed by atoms with E-state index in [1.807, 2.05) is 0 Å². The summed E-state index contributed by atoms with van der Waals surface area (Å²) in [5, 5.41) is 0. The zero-order chi connectivity index (χ0) is 31.7. The molecule has 0 aliphatic heterocycles. The molecule has 0 bridgehead atoms. The van der Waals surface area contributed by atoms with Crippen LogP contribution < -0.4 is 0 Å².